The van der Waals surface area contributed by atoms with Crippen molar-refractivity contribution in [3.63, 3.8) is 0 Å². The lowest BCUT2D eigenvalue weighted by Gasteiger charge is -2.36. The summed E-state index contributed by atoms with van der Waals surface area (Å²) in [5, 5.41) is 2.61. The van der Waals surface area contributed by atoms with Crippen LogP contribution in [0.2, 0.25) is 0 Å². The number of hydrogen-bond acceptors (Lipinski definition) is 7. The Kier molecular flexibility index (Phi) is 10.3. The zero-order valence-corrected chi connectivity index (χ0v) is 34.0. The lowest BCUT2D eigenvalue weighted by molar-refractivity contribution is -0.137. The number of nitrogens with zero attached hydrogens (tertiary/aromatic N) is 5. The van der Waals surface area contributed by atoms with Gasteiger partial charge < -0.3 is 29.8 Å². The van der Waals surface area contributed by atoms with Gasteiger partial charge in [0.2, 0.25) is 11.8 Å². The number of alkyl carbamates (subject to hydrolysis) is 1. The second-order valence-electron chi connectivity index (χ2n) is 16.6. The van der Waals surface area contributed by atoms with Crippen LogP contribution in [0.25, 0.3) is 44.5 Å². The van der Waals surface area contributed by atoms with E-state index in [0.29, 0.717) is 25.0 Å². The Morgan fingerprint density at radius 3 is 2.09 bits per heavy atom. The van der Waals surface area contributed by atoms with E-state index in [1.165, 1.54) is 46.9 Å². The number of carbonyl (C=O) groups excluding carboxylic acids is 3. The minimum Gasteiger partial charge on any atom is -0.453 e. The van der Waals surface area contributed by atoms with Crippen molar-refractivity contribution >= 4 is 28.9 Å². The van der Waals surface area contributed by atoms with E-state index < -0.39 is 12.1 Å². The zero-order chi connectivity index (χ0) is 40.1. The molecule has 3 saturated heterocycles. The number of methoxy groups -OCH3 is 1. The van der Waals surface area contributed by atoms with Gasteiger partial charge in [-0.05, 0) is 123 Å². The lowest BCUT2D eigenvalue weighted by Crippen LogP contribution is -2.49. The van der Waals surface area contributed by atoms with Gasteiger partial charge in [0.25, 0.3) is 0 Å². The molecule has 9 rings (SSSR count). The fourth-order valence-corrected chi connectivity index (χ4v) is 10.3. The molecule has 0 radical (unpaired) electrons. The third-order valence-electron chi connectivity index (χ3n) is 13.2. The van der Waals surface area contributed by atoms with E-state index >= 15 is 0 Å². The fourth-order valence-electron chi connectivity index (χ4n) is 10.3. The molecule has 3 aromatic carbocycles. The second-order valence-corrected chi connectivity index (χ2v) is 16.6. The third-order valence-corrected chi connectivity index (χ3v) is 13.2. The number of piperidine rings is 3. The number of ether oxygens (including phenoxy) is 1. The minimum atomic E-state index is -0.699. The molecule has 2 aromatic heterocycles. The number of aromatic nitrogens is 4. The first-order valence-corrected chi connectivity index (χ1v) is 21.2. The molecule has 2 bridgehead atoms. The Balaban J connectivity index is 1.000. The van der Waals surface area contributed by atoms with E-state index in [-0.39, 0.29) is 23.9 Å². The Bertz CT molecular complexity index is 2350. The molecule has 3 N–H and O–H groups in total. The summed E-state index contributed by atoms with van der Waals surface area (Å²) in [4.78, 5) is 61.4. The monoisotopic (exact) mass is 782 g/mol. The quantitative estimate of drug-likeness (QED) is 0.143. The van der Waals surface area contributed by atoms with Gasteiger partial charge in [-0.3, -0.25) is 14.5 Å². The van der Waals surface area contributed by atoms with Gasteiger partial charge in [-0.25, -0.2) is 14.8 Å². The van der Waals surface area contributed by atoms with Gasteiger partial charge >= 0.3 is 6.09 Å². The smallest absolute Gasteiger partial charge is 0.407 e. The van der Waals surface area contributed by atoms with Crippen molar-refractivity contribution < 1.29 is 19.1 Å². The number of benzene rings is 3. The molecule has 4 aliphatic rings. The number of rotatable bonds is 8. The van der Waals surface area contributed by atoms with E-state index in [1.54, 1.807) is 6.92 Å². The molecule has 4 aliphatic heterocycles. The van der Waals surface area contributed by atoms with Crippen LogP contribution in [-0.2, 0) is 14.3 Å². The molecule has 3 amide bonds. The number of H-pyrrole nitrogens is 2. The van der Waals surface area contributed by atoms with Crippen molar-refractivity contribution in [1.82, 2.24) is 40.0 Å². The molecule has 5 unspecified atom stereocenters. The summed E-state index contributed by atoms with van der Waals surface area (Å²) >= 11 is 0. The fraction of sp³-hybridized carbons (Fsp3) is 0.457. The Morgan fingerprint density at radius 2 is 1.40 bits per heavy atom. The summed E-state index contributed by atoms with van der Waals surface area (Å²) in [7, 11) is 3.58. The van der Waals surface area contributed by atoms with Crippen molar-refractivity contribution in [1.29, 1.82) is 0 Å². The number of imidazole rings is 2. The standard InChI is InChI=1S/C46H54N8O4/c1-5-40(55)53-23-8-6-12-39(53)44-49-33-22-19-30(25-34(33)50-44)32-21-20-31(41-36-13-10-14-37(42(32)41)52(36)3)28-15-17-29(18-16-28)35-26-47-43(51-35)38-11-7-9-24-54(38)45(56)27(2)48-46(57)58-4/h15-22,25-27,36-39H,5-14,23-24H2,1-4H3,(H,47,51)(H,48,57)(H,49,50). The highest BCUT2D eigenvalue weighted by molar-refractivity contribution is 5.87. The number of hydrogen-bond donors (Lipinski definition) is 3. The van der Waals surface area contributed by atoms with Crippen LogP contribution in [0, 0.1) is 0 Å². The van der Waals surface area contributed by atoms with Gasteiger partial charge in [0, 0.05) is 31.6 Å². The highest BCUT2D eigenvalue weighted by atomic mass is 16.5. The Hall–Kier alpha value is -5.49. The van der Waals surface area contributed by atoms with Crippen LogP contribution < -0.4 is 5.32 Å². The van der Waals surface area contributed by atoms with Gasteiger partial charge in [0.15, 0.2) is 0 Å². The number of likely N-dealkylation sites (tertiary alicyclic amines) is 2. The summed E-state index contributed by atoms with van der Waals surface area (Å²) in [5.74, 6) is 1.70. The van der Waals surface area contributed by atoms with E-state index in [0.717, 1.165) is 91.9 Å². The first kappa shape index (κ1) is 38.1. The second kappa shape index (κ2) is 15.7. The van der Waals surface area contributed by atoms with Crippen molar-refractivity contribution in [2.75, 3.05) is 27.2 Å². The Labute approximate surface area is 339 Å². The van der Waals surface area contributed by atoms with Crippen molar-refractivity contribution in [3.05, 3.63) is 83.6 Å². The Morgan fingerprint density at radius 1 is 0.776 bits per heavy atom. The third kappa shape index (κ3) is 6.74. The maximum atomic E-state index is 13.4. The largest absolute Gasteiger partial charge is 0.453 e. The first-order chi connectivity index (χ1) is 28.2. The maximum Gasteiger partial charge on any atom is 0.407 e. The topological polar surface area (TPSA) is 140 Å². The molecule has 0 saturated carbocycles. The number of aromatic amines is 2. The molecule has 12 heteroatoms. The van der Waals surface area contributed by atoms with Crippen LogP contribution in [0.15, 0.2) is 60.8 Å². The summed E-state index contributed by atoms with van der Waals surface area (Å²) in [5.41, 5.74) is 11.7. The number of nitrogens with one attached hydrogen (secondary N) is 3. The highest BCUT2D eigenvalue weighted by Crippen LogP contribution is 2.55. The molecule has 5 aromatic rings. The normalized spacial score (nSPS) is 22.5. The molecule has 58 heavy (non-hydrogen) atoms. The van der Waals surface area contributed by atoms with E-state index in [4.69, 9.17) is 14.7 Å². The van der Waals surface area contributed by atoms with Crippen molar-refractivity contribution in [3.8, 4) is 33.5 Å². The maximum absolute atomic E-state index is 13.4. The summed E-state index contributed by atoms with van der Waals surface area (Å²) in [6.45, 7) is 5.04. The molecule has 12 nitrogen and oxygen atoms in total. The lowest BCUT2D eigenvalue weighted by atomic mass is 9.86. The van der Waals surface area contributed by atoms with Crippen LogP contribution >= 0.6 is 0 Å². The van der Waals surface area contributed by atoms with Gasteiger partial charge in [0.1, 0.15) is 17.7 Å². The average Bonchev–Trinajstić information content (AvgIpc) is 3.96. The molecule has 6 heterocycles. The molecule has 0 aliphatic carbocycles. The van der Waals surface area contributed by atoms with Crippen molar-refractivity contribution in [2.24, 2.45) is 0 Å². The van der Waals surface area contributed by atoms with Gasteiger partial charge in [-0.15, -0.1) is 0 Å². The summed E-state index contributed by atoms with van der Waals surface area (Å²) < 4.78 is 4.71. The minimum absolute atomic E-state index is 0.000174. The van der Waals surface area contributed by atoms with Crippen LogP contribution in [-0.4, -0.2) is 85.8 Å². The molecular weight excluding hydrogens is 729 g/mol. The molecule has 0 spiro atoms. The van der Waals surface area contributed by atoms with Crippen LogP contribution in [0.3, 0.4) is 0 Å². The van der Waals surface area contributed by atoms with E-state index in [1.807, 2.05) is 22.9 Å². The van der Waals surface area contributed by atoms with Crippen LogP contribution in [0.4, 0.5) is 4.79 Å². The molecule has 302 valence electrons. The summed E-state index contributed by atoms with van der Waals surface area (Å²) in [6.07, 6.45) is 11.0. The van der Waals surface area contributed by atoms with Gasteiger partial charge in [-0.2, -0.15) is 0 Å². The van der Waals surface area contributed by atoms with Crippen LogP contribution in [0.5, 0.6) is 0 Å². The number of fused-ring (bicyclic) bond motifs is 6. The molecular formula is C46H54N8O4. The van der Waals surface area contributed by atoms with Gasteiger partial charge in [-0.1, -0.05) is 49.4 Å². The predicted octanol–water partition coefficient (Wildman–Crippen LogP) is 8.76. The van der Waals surface area contributed by atoms with E-state index in [2.05, 4.69) is 81.8 Å². The van der Waals surface area contributed by atoms with Crippen LogP contribution in [0.1, 0.15) is 125 Å². The predicted molar refractivity (Wildman–Crippen MR) is 224 cm³/mol. The van der Waals surface area contributed by atoms with Crippen molar-refractivity contribution in [2.45, 2.75) is 108 Å². The number of amides is 3. The number of carbonyl (C=O) groups is 3. The SMILES string of the molecule is CCC(=O)N1CCCCC1c1nc2ccc(-c3ccc(-c4ccc(-c5cnc(C6CCCCN6C(=O)C(C)NC(=O)OC)[nH]5)cc4)c4c3C3CCCC4N3C)cc2[nH]1. The first-order valence-electron chi connectivity index (χ1n) is 21.2. The van der Waals surface area contributed by atoms with Gasteiger partial charge in [0.05, 0.1) is 42.1 Å². The molecule has 5 atom stereocenters. The molecule has 3 fully saturated rings. The summed E-state index contributed by atoms with van der Waals surface area (Å²) in [6, 6.07) is 19.8. The highest BCUT2D eigenvalue weighted by Gasteiger charge is 2.42. The zero-order valence-electron chi connectivity index (χ0n) is 34.0. The van der Waals surface area contributed by atoms with E-state index in [9.17, 15) is 14.4 Å². The average molecular weight is 783 g/mol.